The van der Waals surface area contributed by atoms with Crippen molar-refractivity contribution in [3.8, 4) is 0 Å². The van der Waals surface area contributed by atoms with E-state index < -0.39 is 6.10 Å². The van der Waals surface area contributed by atoms with Crippen LogP contribution in [0, 0.1) is 0 Å². The summed E-state index contributed by atoms with van der Waals surface area (Å²) in [6.07, 6.45) is 1.34. The van der Waals surface area contributed by atoms with Gasteiger partial charge in [0, 0.05) is 20.2 Å². The summed E-state index contributed by atoms with van der Waals surface area (Å²) in [7, 11) is 1.57. The molecule has 10 heavy (non-hydrogen) atoms. The summed E-state index contributed by atoms with van der Waals surface area (Å²) in [5.74, 6) is 0. The van der Waals surface area contributed by atoms with E-state index in [-0.39, 0.29) is 0 Å². The molecule has 0 aliphatic carbocycles. The van der Waals surface area contributed by atoms with Crippen LogP contribution in [-0.4, -0.2) is 38.0 Å². The maximum absolute atomic E-state index is 9.05. The van der Waals surface area contributed by atoms with Crippen molar-refractivity contribution in [1.82, 2.24) is 5.32 Å². The van der Waals surface area contributed by atoms with Crippen molar-refractivity contribution in [3.05, 3.63) is 12.7 Å². The van der Waals surface area contributed by atoms with Gasteiger partial charge in [0.15, 0.2) is 0 Å². The summed E-state index contributed by atoms with van der Waals surface area (Å²) in [4.78, 5) is 0. The first-order chi connectivity index (χ1) is 4.81. The lowest BCUT2D eigenvalue weighted by Crippen LogP contribution is -2.29. The van der Waals surface area contributed by atoms with Crippen LogP contribution in [0.3, 0.4) is 0 Å². The van der Waals surface area contributed by atoms with Crippen LogP contribution in [0.1, 0.15) is 0 Å². The maximum atomic E-state index is 9.05. The molecular weight excluding hydrogens is 130 g/mol. The van der Waals surface area contributed by atoms with Crippen LogP contribution in [0.4, 0.5) is 0 Å². The molecule has 0 heterocycles. The van der Waals surface area contributed by atoms with Crippen LogP contribution in [0.5, 0.6) is 0 Å². The van der Waals surface area contributed by atoms with Crippen LogP contribution in [-0.2, 0) is 4.74 Å². The van der Waals surface area contributed by atoms with Gasteiger partial charge < -0.3 is 15.2 Å². The zero-order valence-corrected chi connectivity index (χ0v) is 6.34. The third-order valence-corrected chi connectivity index (χ3v) is 1.03. The van der Waals surface area contributed by atoms with Crippen molar-refractivity contribution in [2.45, 2.75) is 6.10 Å². The molecule has 2 N–H and O–H groups in total. The molecule has 0 amide bonds. The van der Waals surface area contributed by atoms with Crippen molar-refractivity contribution in [1.29, 1.82) is 0 Å². The monoisotopic (exact) mass is 145 g/mol. The molecule has 0 aliphatic heterocycles. The molecule has 3 heteroatoms. The predicted octanol–water partition coefficient (Wildman–Crippen LogP) is -0.231. The van der Waals surface area contributed by atoms with Gasteiger partial charge in [-0.25, -0.2) is 0 Å². The molecule has 0 bridgehead atoms. The number of aliphatic hydroxyl groups excluding tert-OH is 1. The molecule has 1 atom stereocenters. The Kier molecular flexibility index (Phi) is 6.48. The molecule has 60 valence electrons. The normalized spacial score (nSPS) is 13.0. The summed E-state index contributed by atoms with van der Waals surface area (Å²) >= 11 is 0. The Morgan fingerprint density at radius 2 is 2.50 bits per heavy atom. The Morgan fingerprint density at radius 3 is 3.00 bits per heavy atom. The Balaban J connectivity index is 3.04. The Hall–Kier alpha value is -0.380. The highest BCUT2D eigenvalue weighted by molar-refractivity contribution is 4.70. The van der Waals surface area contributed by atoms with E-state index in [1.54, 1.807) is 13.2 Å². The Labute approximate surface area is 61.7 Å². The zero-order chi connectivity index (χ0) is 7.82. The summed E-state index contributed by atoms with van der Waals surface area (Å²) < 4.78 is 4.72. The number of aliphatic hydroxyl groups is 1. The third kappa shape index (κ3) is 5.75. The molecule has 0 saturated heterocycles. The largest absolute Gasteiger partial charge is 0.389 e. The van der Waals surface area contributed by atoms with E-state index in [2.05, 4.69) is 11.9 Å². The van der Waals surface area contributed by atoms with Crippen molar-refractivity contribution in [3.63, 3.8) is 0 Å². The van der Waals surface area contributed by atoms with E-state index in [4.69, 9.17) is 9.84 Å². The van der Waals surface area contributed by atoms with Gasteiger partial charge >= 0.3 is 0 Å². The van der Waals surface area contributed by atoms with Gasteiger partial charge in [-0.3, -0.25) is 0 Å². The highest BCUT2D eigenvalue weighted by Gasteiger charge is 1.99. The number of rotatable bonds is 6. The summed E-state index contributed by atoms with van der Waals surface area (Å²) in [5.41, 5.74) is 0. The number of hydrogen-bond donors (Lipinski definition) is 2. The SMILES string of the molecule is C=CCNCC(O)COC. The van der Waals surface area contributed by atoms with Gasteiger partial charge in [0.25, 0.3) is 0 Å². The number of hydrogen-bond acceptors (Lipinski definition) is 3. The van der Waals surface area contributed by atoms with Crippen LogP contribution in [0.15, 0.2) is 12.7 Å². The summed E-state index contributed by atoms with van der Waals surface area (Å²) in [6, 6.07) is 0. The fourth-order valence-corrected chi connectivity index (χ4v) is 0.603. The lowest BCUT2D eigenvalue weighted by atomic mass is 10.4. The molecule has 0 aromatic heterocycles. The van der Waals surface area contributed by atoms with E-state index in [9.17, 15) is 0 Å². The Morgan fingerprint density at radius 1 is 1.80 bits per heavy atom. The highest BCUT2D eigenvalue weighted by Crippen LogP contribution is 1.79. The van der Waals surface area contributed by atoms with Gasteiger partial charge in [0.1, 0.15) is 0 Å². The lowest BCUT2D eigenvalue weighted by Gasteiger charge is -2.08. The molecule has 0 saturated carbocycles. The van der Waals surface area contributed by atoms with E-state index in [1.165, 1.54) is 0 Å². The highest BCUT2D eigenvalue weighted by atomic mass is 16.5. The fourth-order valence-electron chi connectivity index (χ4n) is 0.603. The third-order valence-electron chi connectivity index (χ3n) is 1.03. The van der Waals surface area contributed by atoms with Crippen molar-refractivity contribution in [2.75, 3.05) is 26.8 Å². The lowest BCUT2D eigenvalue weighted by molar-refractivity contribution is 0.0652. The van der Waals surface area contributed by atoms with Crippen LogP contribution >= 0.6 is 0 Å². The summed E-state index contributed by atoms with van der Waals surface area (Å²) in [5, 5.41) is 12.0. The molecule has 0 rings (SSSR count). The molecule has 0 radical (unpaired) electrons. The first-order valence-corrected chi connectivity index (χ1v) is 3.30. The average molecular weight is 145 g/mol. The molecule has 0 aromatic rings. The topological polar surface area (TPSA) is 41.5 Å². The minimum atomic E-state index is -0.412. The smallest absolute Gasteiger partial charge is 0.0897 e. The molecule has 1 unspecified atom stereocenters. The summed E-state index contributed by atoms with van der Waals surface area (Å²) in [6.45, 7) is 5.19. The first kappa shape index (κ1) is 9.62. The van der Waals surface area contributed by atoms with Crippen LogP contribution < -0.4 is 5.32 Å². The van der Waals surface area contributed by atoms with Gasteiger partial charge in [0.2, 0.25) is 0 Å². The van der Waals surface area contributed by atoms with Gasteiger partial charge in [0.05, 0.1) is 12.7 Å². The molecule has 0 fully saturated rings. The molecule has 0 aromatic carbocycles. The number of methoxy groups -OCH3 is 1. The quantitative estimate of drug-likeness (QED) is 0.400. The van der Waals surface area contributed by atoms with Crippen LogP contribution in [0.25, 0.3) is 0 Å². The minimum absolute atomic E-state index is 0.379. The average Bonchev–Trinajstić information content (AvgIpc) is 1.89. The minimum Gasteiger partial charge on any atom is -0.389 e. The number of ether oxygens (including phenoxy) is 1. The van der Waals surface area contributed by atoms with Crippen molar-refractivity contribution >= 4 is 0 Å². The van der Waals surface area contributed by atoms with E-state index in [1.807, 2.05) is 0 Å². The van der Waals surface area contributed by atoms with E-state index >= 15 is 0 Å². The van der Waals surface area contributed by atoms with E-state index in [0.29, 0.717) is 13.2 Å². The van der Waals surface area contributed by atoms with Crippen molar-refractivity contribution < 1.29 is 9.84 Å². The molecular formula is C7H15NO2. The number of nitrogens with one attached hydrogen (secondary N) is 1. The zero-order valence-electron chi connectivity index (χ0n) is 6.34. The fraction of sp³-hybridized carbons (Fsp3) is 0.714. The second-order valence-corrected chi connectivity index (χ2v) is 2.06. The second-order valence-electron chi connectivity index (χ2n) is 2.06. The molecule has 0 spiro atoms. The molecule has 3 nitrogen and oxygen atoms in total. The van der Waals surface area contributed by atoms with Gasteiger partial charge in [-0.1, -0.05) is 6.08 Å². The van der Waals surface area contributed by atoms with Gasteiger partial charge in [-0.2, -0.15) is 0 Å². The van der Waals surface area contributed by atoms with Crippen molar-refractivity contribution in [2.24, 2.45) is 0 Å². The van der Waals surface area contributed by atoms with Crippen LogP contribution in [0.2, 0.25) is 0 Å². The van der Waals surface area contributed by atoms with Gasteiger partial charge in [-0.05, 0) is 0 Å². The standard InChI is InChI=1S/C7H15NO2/c1-3-4-8-5-7(9)6-10-2/h3,7-9H,1,4-6H2,2H3. The van der Waals surface area contributed by atoms with E-state index in [0.717, 1.165) is 6.54 Å². The second kappa shape index (κ2) is 6.74. The maximum Gasteiger partial charge on any atom is 0.0897 e. The predicted molar refractivity (Wildman–Crippen MR) is 40.9 cm³/mol. The van der Waals surface area contributed by atoms with Gasteiger partial charge in [-0.15, -0.1) is 6.58 Å². The molecule has 0 aliphatic rings. The Bertz CT molecular complexity index is 85.7. The first-order valence-electron chi connectivity index (χ1n) is 3.30.